The molecule has 1 aromatic heterocycles. The zero-order valence-corrected chi connectivity index (χ0v) is 23.3. The van der Waals surface area contributed by atoms with E-state index in [9.17, 15) is 24.8 Å². The highest BCUT2D eigenvalue weighted by Gasteiger charge is 2.35. The van der Waals surface area contributed by atoms with Crippen molar-refractivity contribution in [3.63, 3.8) is 0 Å². The number of hydrogen-bond donors (Lipinski definition) is 1. The first kappa shape index (κ1) is 28.8. The standard InChI is InChI=1S/C32H36N4O4/c1-23(2)34(3)31(39)28-21-36(30(38)19-27(28)26-12-8-7-11-25(26)20-33)22-32(40)15-17-35(18-16-32)29(37)14-13-24-9-5-4-6-10-24/h4-12,19,21,23,40H,13-18,22H2,1-3H3. The number of likely N-dealkylation sites (tertiary alicyclic amines) is 1. The molecule has 2 amide bonds. The van der Waals surface area contributed by atoms with Crippen LogP contribution in [0.1, 0.15) is 54.6 Å². The summed E-state index contributed by atoms with van der Waals surface area (Å²) in [6.07, 6.45) is 3.22. The van der Waals surface area contributed by atoms with Crippen LogP contribution in [0.4, 0.5) is 0 Å². The predicted molar refractivity (Wildman–Crippen MR) is 154 cm³/mol. The molecule has 0 bridgehead atoms. The Kier molecular flexibility index (Phi) is 8.86. The van der Waals surface area contributed by atoms with Crippen LogP contribution in [-0.4, -0.2) is 63.1 Å². The lowest BCUT2D eigenvalue weighted by molar-refractivity contribution is -0.135. The largest absolute Gasteiger partial charge is 0.388 e. The molecule has 1 aliphatic rings. The van der Waals surface area contributed by atoms with Gasteiger partial charge in [0, 0.05) is 56.0 Å². The molecule has 0 radical (unpaired) electrons. The van der Waals surface area contributed by atoms with Crippen molar-refractivity contribution in [3.8, 4) is 17.2 Å². The van der Waals surface area contributed by atoms with Gasteiger partial charge in [-0.15, -0.1) is 0 Å². The molecule has 1 fully saturated rings. The number of pyridine rings is 1. The van der Waals surface area contributed by atoms with E-state index in [1.807, 2.05) is 44.2 Å². The number of carbonyl (C=O) groups excluding carboxylic acids is 2. The first-order valence-electron chi connectivity index (χ1n) is 13.7. The Morgan fingerprint density at radius 2 is 1.70 bits per heavy atom. The number of piperidine rings is 1. The highest BCUT2D eigenvalue weighted by atomic mass is 16.3. The Bertz CT molecular complexity index is 1460. The molecule has 1 N–H and O–H groups in total. The fourth-order valence-corrected chi connectivity index (χ4v) is 5.03. The van der Waals surface area contributed by atoms with Gasteiger partial charge < -0.3 is 19.5 Å². The first-order chi connectivity index (χ1) is 19.1. The summed E-state index contributed by atoms with van der Waals surface area (Å²) in [6, 6.07) is 20.2. The lowest BCUT2D eigenvalue weighted by Gasteiger charge is -2.38. The number of nitrogens with zero attached hydrogens (tertiary/aromatic N) is 4. The molecular formula is C32H36N4O4. The van der Waals surface area contributed by atoms with Gasteiger partial charge in [0.05, 0.1) is 29.3 Å². The molecular weight excluding hydrogens is 504 g/mol. The number of aryl methyl sites for hydroxylation is 1. The van der Waals surface area contributed by atoms with E-state index in [2.05, 4.69) is 6.07 Å². The Morgan fingerprint density at radius 1 is 1.05 bits per heavy atom. The molecule has 0 spiro atoms. The second-order valence-electron chi connectivity index (χ2n) is 10.8. The van der Waals surface area contributed by atoms with Gasteiger partial charge in [-0.3, -0.25) is 14.4 Å². The average molecular weight is 541 g/mol. The number of carbonyl (C=O) groups is 2. The molecule has 2 aromatic carbocycles. The third-order valence-electron chi connectivity index (χ3n) is 7.77. The van der Waals surface area contributed by atoms with Crippen LogP contribution in [0.25, 0.3) is 11.1 Å². The molecule has 0 saturated carbocycles. The van der Waals surface area contributed by atoms with Crippen molar-refractivity contribution in [1.29, 1.82) is 5.26 Å². The maximum Gasteiger partial charge on any atom is 0.255 e. The highest BCUT2D eigenvalue weighted by molar-refractivity contribution is 6.01. The molecule has 3 aromatic rings. The van der Waals surface area contributed by atoms with Crippen molar-refractivity contribution in [1.82, 2.24) is 14.4 Å². The van der Waals surface area contributed by atoms with Crippen LogP contribution in [0, 0.1) is 11.3 Å². The zero-order chi connectivity index (χ0) is 28.9. The van der Waals surface area contributed by atoms with Gasteiger partial charge in [0.25, 0.3) is 11.5 Å². The molecule has 8 nitrogen and oxygen atoms in total. The second kappa shape index (κ2) is 12.3. The van der Waals surface area contributed by atoms with E-state index in [-0.39, 0.29) is 35.5 Å². The monoisotopic (exact) mass is 540 g/mol. The zero-order valence-electron chi connectivity index (χ0n) is 23.3. The molecule has 40 heavy (non-hydrogen) atoms. The summed E-state index contributed by atoms with van der Waals surface area (Å²) in [6.45, 7) is 4.59. The van der Waals surface area contributed by atoms with E-state index >= 15 is 0 Å². The summed E-state index contributed by atoms with van der Waals surface area (Å²) in [4.78, 5) is 42.9. The highest BCUT2D eigenvalue weighted by Crippen LogP contribution is 2.29. The van der Waals surface area contributed by atoms with E-state index in [0.29, 0.717) is 55.5 Å². The van der Waals surface area contributed by atoms with Gasteiger partial charge >= 0.3 is 0 Å². The van der Waals surface area contributed by atoms with Gasteiger partial charge in [0.2, 0.25) is 5.91 Å². The van der Waals surface area contributed by atoms with E-state index < -0.39 is 5.60 Å². The van der Waals surface area contributed by atoms with Gasteiger partial charge in [-0.1, -0.05) is 48.5 Å². The molecule has 1 aliphatic heterocycles. The minimum absolute atomic E-state index is 0.00370. The van der Waals surface area contributed by atoms with Crippen molar-refractivity contribution in [2.24, 2.45) is 0 Å². The third kappa shape index (κ3) is 6.49. The van der Waals surface area contributed by atoms with Crippen LogP contribution in [0.3, 0.4) is 0 Å². The Hall–Kier alpha value is -4.22. The second-order valence-corrected chi connectivity index (χ2v) is 10.8. The lowest BCUT2D eigenvalue weighted by atomic mass is 9.90. The molecule has 208 valence electrons. The molecule has 0 unspecified atom stereocenters. The minimum atomic E-state index is -1.20. The molecule has 0 aliphatic carbocycles. The number of aliphatic hydroxyl groups is 1. The van der Waals surface area contributed by atoms with Crippen LogP contribution < -0.4 is 5.56 Å². The summed E-state index contributed by atoms with van der Waals surface area (Å²) in [5.41, 5.74) is 1.09. The van der Waals surface area contributed by atoms with E-state index in [1.165, 1.54) is 16.8 Å². The van der Waals surface area contributed by atoms with Crippen LogP contribution >= 0.6 is 0 Å². The van der Waals surface area contributed by atoms with E-state index in [0.717, 1.165) is 5.56 Å². The molecule has 2 heterocycles. The van der Waals surface area contributed by atoms with Crippen molar-refractivity contribution < 1.29 is 14.7 Å². The number of hydrogen-bond acceptors (Lipinski definition) is 5. The summed E-state index contributed by atoms with van der Waals surface area (Å²) in [5, 5.41) is 21.1. The van der Waals surface area contributed by atoms with Crippen LogP contribution in [-0.2, 0) is 17.8 Å². The smallest absolute Gasteiger partial charge is 0.255 e. The van der Waals surface area contributed by atoms with Crippen molar-refractivity contribution in [2.75, 3.05) is 20.1 Å². The van der Waals surface area contributed by atoms with Gasteiger partial charge in [-0.05, 0) is 44.7 Å². The number of nitriles is 1. The molecule has 4 rings (SSSR count). The van der Waals surface area contributed by atoms with Gasteiger partial charge in [-0.25, -0.2) is 0 Å². The van der Waals surface area contributed by atoms with Gasteiger partial charge in [-0.2, -0.15) is 5.26 Å². The Balaban J connectivity index is 1.55. The summed E-state index contributed by atoms with van der Waals surface area (Å²) < 4.78 is 1.38. The number of rotatable bonds is 8. The normalized spacial score (nSPS) is 14.6. The van der Waals surface area contributed by atoms with Crippen molar-refractivity contribution >= 4 is 11.8 Å². The van der Waals surface area contributed by atoms with Crippen LogP contribution in [0.15, 0.2) is 71.7 Å². The fourth-order valence-electron chi connectivity index (χ4n) is 5.03. The predicted octanol–water partition coefficient (Wildman–Crippen LogP) is 3.85. The molecule has 1 saturated heterocycles. The quantitative estimate of drug-likeness (QED) is 0.467. The summed E-state index contributed by atoms with van der Waals surface area (Å²) >= 11 is 0. The third-order valence-corrected chi connectivity index (χ3v) is 7.77. The Morgan fingerprint density at radius 3 is 2.35 bits per heavy atom. The fraction of sp³-hybridized carbons (Fsp3) is 0.375. The van der Waals surface area contributed by atoms with Crippen LogP contribution in [0.2, 0.25) is 0 Å². The number of benzene rings is 2. The maximum atomic E-state index is 13.5. The molecule has 0 atom stereocenters. The average Bonchev–Trinajstić information content (AvgIpc) is 2.96. The first-order valence-corrected chi connectivity index (χ1v) is 13.7. The van der Waals surface area contributed by atoms with E-state index in [4.69, 9.17) is 0 Å². The maximum absolute atomic E-state index is 13.5. The summed E-state index contributed by atoms with van der Waals surface area (Å²) in [7, 11) is 1.69. The number of aromatic nitrogens is 1. The summed E-state index contributed by atoms with van der Waals surface area (Å²) in [5.74, 6) is -0.231. The topological polar surface area (TPSA) is 107 Å². The molecule has 8 heteroatoms. The van der Waals surface area contributed by atoms with Crippen molar-refractivity contribution in [3.05, 3.63) is 93.9 Å². The van der Waals surface area contributed by atoms with Crippen molar-refractivity contribution in [2.45, 2.75) is 57.7 Å². The SMILES string of the molecule is CC(C)N(C)C(=O)c1cn(CC2(O)CCN(C(=O)CCc3ccccc3)CC2)c(=O)cc1-c1ccccc1C#N. The lowest BCUT2D eigenvalue weighted by Crippen LogP contribution is -2.49. The van der Waals surface area contributed by atoms with E-state index in [1.54, 1.807) is 41.1 Å². The number of amides is 2. The Labute approximate surface area is 235 Å². The van der Waals surface area contributed by atoms with Gasteiger partial charge in [0.1, 0.15) is 0 Å². The minimum Gasteiger partial charge on any atom is -0.388 e. The van der Waals surface area contributed by atoms with Crippen LogP contribution in [0.5, 0.6) is 0 Å². The van der Waals surface area contributed by atoms with Gasteiger partial charge in [0.15, 0.2) is 0 Å².